The van der Waals surface area contributed by atoms with Crippen molar-refractivity contribution in [3.8, 4) is 0 Å². The van der Waals surface area contributed by atoms with E-state index in [4.69, 9.17) is 14.2 Å². The van der Waals surface area contributed by atoms with Crippen LogP contribution >= 0.6 is 0 Å². The Morgan fingerprint density at radius 3 is 2.19 bits per heavy atom. The van der Waals surface area contributed by atoms with Crippen LogP contribution in [0.5, 0.6) is 0 Å². The first-order valence-corrected chi connectivity index (χ1v) is 6.24. The van der Waals surface area contributed by atoms with Crippen LogP contribution in [0.3, 0.4) is 0 Å². The van der Waals surface area contributed by atoms with Crippen LogP contribution in [-0.2, 0) is 14.2 Å². The van der Waals surface area contributed by atoms with E-state index in [2.05, 4.69) is 0 Å². The van der Waals surface area contributed by atoms with E-state index < -0.39 is 42.6 Å². The highest BCUT2D eigenvalue weighted by Crippen LogP contribution is 2.50. The zero-order valence-corrected chi connectivity index (χ0v) is 10.9. The van der Waals surface area contributed by atoms with Crippen LogP contribution in [0, 0.1) is 0 Å². The van der Waals surface area contributed by atoms with Crippen molar-refractivity contribution in [3.05, 3.63) is 0 Å². The molecule has 0 aromatic rings. The van der Waals surface area contributed by atoms with Crippen molar-refractivity contribution in [3.63, 3.8) is 0 Å². The second-order valence-electron chi connectivity index (χ2n) is 5.26. The zero-order chi connectivity index (χ0) is 16.1. The number of fused-ring (bicyclic) bond motifs is 2. The first kappa shape index (κ1) is 16.8. The molecule has 1 N–H and O–H groups in total. The minimum absolute atomic E-state index is 0.108. The summed E-state index contributed by atoms with van der Waals surface area (Å²) in [7, 11) is 0. The standard InChI is InChI=1S/C11H14F6O4/c1-6-4-7-2-3-19-9(20-6,21-7)5-8(18,10(12,13)14)11(15,16)17/h6-7,18H,2-5H2,1H3. The minimum atomic E-state index is -5.94. The molecule has 0 amide bonds. The molecule has 0 aliphatic carbocycles. The number of aliphatic hydroxyl groups is 1. The Hall–Kier alpha value is -0.580. The lowest BCUT2D eigenvalue weighted by Gasteiger charge is -2.49. The van der Waals surface area contributed by atoms with E-state index in [1.54, 1.807) is 0 Å². The van der Waals surface area contributed by atoms with Gasteiger partial charge in [-0.25, -0.2) is 0 Å². The van der Waals surface area contributed by atoms with Gasteiger partial charge in [0.15, 0.2) is 0 Å². The molecule has 0 spiro atoms. The second-order valence-corrected chi connectivity index (χ2v) is 5.26. The predicted molar refractivity (Wildman–Crippen MR) is 55.0 cm³/mol. The molecule has 2 aliphatic heterocycles. The number of hydrogen-bond acceptors (Lipinski definition) is 4. The minimum Gasteiger partial charge on any atom is -0.373 e. The SMILES string of the molecule is CC1CC2CCOC(CC(O)(C(F)(F)F)C(F)(F)F)(O1)O2. The Bertz CT molecular complexity index is 377. The molecular weight excluding hydrogens is 310 g/mol. The molecule has 2 rings (SSSR count). The summed E-state index contributed by atoms with van der Waals surface area (Å²) in [5.41, 5.74) is -4.97. The third kappa shape index (κ3) is 2.99. The maximum absolute atomic E-state index is 12.7. The van der Waals surface area contributed by atoms with Gasteiger partial charge in [-0.3, -0.25) is 0 Å². The highest BCUT2D eigenvalue weighted by molar-refractivity contribution is 4.98. The van der Waals surface area contributed by atoms with Crippen LogP contribution in [0.15, 0.2) is 0 Å². The maximum atomic E-state index is 12.7. The van der Waals surface area contributed by atoms with Gasteiger partial charge in [0, 0.05) is 6.42 Å². The summed E-state index contributed by atoms with van der Waals surface area (Å²) >= 11 is 0. The fraction of sp³-hybridized carbons (Fsp3) is 1.00. The van der Waals surface area contributed by atoms with Gasteiger partial charge in [-0.05, 0) is 13.3 Å². The second kappa shape index (κ2) is 4.97. The maximum Gasteiger partial charge on any atom is 0.426 e. The Labute approximate surface area is 116 Å². The highest BCUT2D eigenvalue weighted by atomic mass is 19.4. The molecule has 10 heteroatoms. The van der Waals surface area contributed by atoms with Crippen LogP contribution in [0.2, 0.25) is 0 Å². The lowest BCUT2D eigenvalue weighted by molar-refractivity contribution is -0.483. The highest BCUT2D eigenvalue weighted by Gasteiger charge is 2.74. The van der Waals surface area contributed by atoms with E-state index in [1.165, 1.54) is 6.92 Å². The summed E-state index contributed by atoms with van der Waals surface area (Å²) in [5.74, 6) is -2.54. The first-order chi connectivity index (χ1) is 9.39. The molecule has 2 aliphatic rings. The molecule has 0 aromatic heterocycles. The van der Waals surface area contributed by atoms with Gasteiger partial charge in [-0.2, -0.15) is 26.3 Å². The smallest absolute Gasteiger partial charge is 0.373 e. The summed E-state index contributed by atoms with van der Waals surface area (Å²) in [5, 5.41) is 9.24. The van der Waals surface area contributed by atoms with Gasteiger partial charge in [-0.1, -0.05) is 0 Å². The summed E-state index contributed by atoms with van der Waals surface area (Å²) in [4.78, 5) is 0. The monoisotopic (exact) mass is 324 g/mol. The van der Waals surface area contributed by atoms with Crippen LogP contribution in [0.1, 0.15) is 26.2 Å². The Morgan fingerprint density at radius 2 is 1.67 bits per heavy atom. The van der Waals surface area contributed by atoms with Gasteiger partial charge < -0.3 is 19.3 Å². The number of halogens is 6. The molecule has 124 valence electrons. The average molecular weight is 324 g/mol. The van der Waals surface area contributed by atoms with Crippen molar-refractivity contribution in [2.45, 2.75) is 62.3 Å². The fourth-order valence-corrected chi connectivity index (χ4v) is 2.45. The average Bonchev–Trinajstić information content (AvgIpc) is 2.24. The summed E-state index contributed by atoms with van der Waals surface area (Å²) in [6.45, 7) is 1.38. The summed E-state index contributed by atoms with van der Waals surface area (Å²) in [6, 6.07) is 0. The van der Waals surface area contributed by atoms with Crippen molar-refractivity contribution >= 4 is 0 Å². The quantitative estimate of drug-likeness (QED) is 0.793. The van der Waals surface area contributed by atoms with Crippen molar-refractivity contribution in [1.82, 2.24) is 0 Å². The molecule has 2 bridgehead atoms. The molecule has 2 heterocycles. The van der Waals surface area contributed by atoms with Gasteiger partial charge in [-0.15, -0.1) is 0 Å². The Balaban J connectivity index is 2.31. The fourth-order valence-electron chi connectivity index (χ4n) is 2.45. The molecule has 4 nitrogen and oxygen atoms in total. The molecule has 21 heavy (non-hydrogen) atoms. The van der Waals surface area contributed by atoms with Gasteiger partial charge in [0.2, 0.25) is 0 Å². The summed E-state index contributed by atoms with van der Waals surface area (Å²) < 4.78 is 91.4. The van der Waals surface area contributed by atoms with E-state index in [-0.39, 0.29) is 6.61 Å². The van der Waals surface area contributed by atoms with Crippen LogP contribution in [0.4, 0.5) is 26.3 Å². The van der Waals surface area contributed by atoms with E-state index >= 15 is 0 Å². The van der Waals surface area contributed by atoms with Crippen molar-refractivity contribution in [2.75, 3.05) is 6.61 Å². The van der Waals surface area contributed by atoms with E-state index in [0.29, 0.717) is 12.8 Å². The molecule has 0 aromatic carbocycles. The zero-order valence-electron chi connectivity index (χ0n) is 10.9. The Kier molecular flexibility index (Phi) is 3.97. The number of ether oxygens (including phenoxy) is 3. The lowest BCUT2D eigenvalue weighted by Crippen LogP contribution is -2.65. The third-order valence-electron chi connectivity index (χ3n) is 3.49. The predicted octanol–water partition coefficient (Wildman–Crippen LogP) is 2.50. The van der Waals surface area contributed by atoms with E-state index in [1.807, 2.05) is 0 Å². The molecule has 2 saturated heterocycles. The van der Waals surface area contributed by atoms with Gasteiger partial charge >= 0.3 is 12.4 Å². The van der Waals surface area contributed by atoms with Crippen molar-refractivity contribution < 1.29 is 45.7 Å². The topological polar surface area (TPSA) is 47.9 Å². The van der Waals surface area contributed by atoms with Gasteiger partial charge in [0.1, 0.15) is 0 Å². The lowest BCUT2D eigenvalue weighted by atomic mass is 9.94. The Morgan fingerprint density at radius 1 is 1.10 bits per heavy atom. The molecule has 0 radical (unpaired) electrons. The molecule has 3 atom stereocenters. The number of hydrogen-bond donors (Lipinski definition) is 1. The third-order valence-corrected chi connectivity index (χ3v) is 3.49. The van der Waals surface area contributed by atoms with Crippen LogP contribution in [-0.4, -0.2) is 47.8 Å². The number of alkyl halides is 6. The molecular formula is C11H14F6O4. The first-order valence-electron chi connectivity index (χ1n) is 6.24. The van der Waals surface area contributed by atoms with Gasteiger partial charge in [0.25, 0.3) is 11.6 Å². The van der Waals surface area contributed by atoms with E-state index in [0.717, 1.165) is 0 Å². The normalized spacial score (nSPS) is 34.9. The van der Waals surface area contributed by atoms with Crippen molar-refractivity contribution in [1.29, 1.82) is 0 Å². The number of rotatable bonds is 2. The molecule has 2 fully saturated rings. The summed E-state index contributed by atoms with van der Waals surface area (Å²) in [6.07, 6.45) is -14.3. The van der Waals surface area contributed by atoms with Crippen molar-refractivity contribution in [2.24, 2.45) is 0 Å². The van der Waals surface area contributed by atoms with Crippen LogP contribution in [0.25, 0.3) is 0 Å². The molecule has 0 saturated carbocycles. The largest absolute Gasteiger partial charge is 0.426 e. The van der Waals surface area contributed by atoms with E-state index in [9.17, 15) is 31.4 Å². The van der Waals surface area contributed by atoms with Gasteiger partial charge in [0.05, 0.1) is 25.2 Å². The molecule has 3 unspecified atom stereocenters. The van der Waals surface area contributed by atoms with Crippen LogP contribution < -0.4 is 0 Å².